The summed E-state index contributed by atoms with van der Waals surface area (Å²) in [5, 5.41) is 11.9. The monoisotopic (exact) mass is 335 g/mol. The zero-order valence-electron chi connectivity index (χ0n) is 12.3. The fraction of sp³-hybridized carbons (Fsp3) is 0.267. The van der Waals surface area contributed by atoms with E-state index in [1.165, 1.54) is 0 Å². The second kappa shape index (κ2) is 6.34. The number of nitrogens with one attached hydrogen (secondary N) is 1. The summed E-state index contributed by atoms with van der Waals surface area (Å²) in [5.41, 5.74) is 1.23. The van der Waals surface area contributed by atoms with Gasteiger partial charge in [-0.2, -0.15) is 9.64 Å². The Labute approximate surface area is 137 Å². The summed E-state index contributed by atoms with van der Waals surface area (Å²) in [6, 6.07) is 9.08. The Kier molecular flexibility index (Phi) is 4.69. The van der Waals surface area contributed by atoms with Crippen LogP contribution in [0.2, 0.25) is 5.15 Å². The summed E-state index contributed by atoms with van der Waals surface area (Å²) in [6.07, 6.45) is -0.515. The molecule has 5 nitrogen and oxygen atoms in total. The van der Waals surface area contributed by atoms with Crippen LogP contribution in [-0.2, 0) is 4.74 Å². The fourth-order valence-electron chi connectivity index (χ4n) is 1.69. The van der Waals surface area contributed by atoms with E-state index in [9.17, 15) is 4.79 Å². The van der Waals surface area contributed by atoms with E-state index in [1.54, 1.807) is 45.0 Å². The third kappa shape index (κ3) is 3.97. The van der Waals surface area contributed by atoms with Crippen molar-refractivity contribution in [2.45, 2.75) is 26.4 Å². The molecule has 0 spiro atoms. The minimum absolute atomic E-state index is 0.207. The van der Waals surface area contributed by atoms with Crippen molar-refractivity contribution in [3.05, 3.63) is 35.0 Å². The van der Waals surface area contributed by atoms with Crippen molar-refractivity contribution in [1.82, 2.24) is 4.37 Å². The quantitative estimate of drug-likeness (QED) is 0.864. The largest absolute Gasteiger partial charge is 0.444 e. The normalized spacial score (nSPS) is 10.9. The highest BCUT2D eigenvalue weighted by molar-refractivity contribution is 7.10. The minimum Gasteiger partial charge on any atom is -0.444 e. The van der Waals surface area contributed by atoms with Gasteiger partial charge in [0.2, 0.25) is 0 Å². The number of aromatic nitrogens is 1. The zero-order valence-corrected chi connectivity index (χ0v) is 13.9. The van der Waals surface area contributed by atoms with Crippen LogP contribution in [-0.4, -0.2) is 16.1 Å². The predicted molar refractivity (Wildman–Crippen MR) is 87.1 cm³/mol. The van der Waals surface area contributed by atoms with Crippen LogP contribution in [0.25, 0.3) is 10.4 Å². The third-order valence-electron chi connectivity index (χ3n) is 2.55. The van der Waals surface area contributed by atoms with E-state index < -0.39 is 11.7 Å². The van der Waals surface area contributed by atoms with E-state index in [0.717, 1.165) is 17.1 Å². The summed E-state index contributed by atoms with van der Waals surface area (Å²) in [6.45, 7) is 5.39. The summed E-state index contributed by atoms with van der Waals surface area (Å²) in [7, 11) is 0. The lowest BCUT2D eigenvalue weighted by Crippen LogP contribution is -2.27. The second-order valence-electron chi connectivity index (χ2n) is 5.49. The molecule has 2 rings (SSSR count). The first kappa shape index (κ1) is 16.3. The van der Waals surface area contributed by atoms with Crippen molar-refractivity contribution in [1.29, 1.82) is 5.26 Å². The van der Waals surface area contributed by atoms with Gasteiger partial charge in [-0.25, -0.2) is 4.79 Å². The second-order valence-corrected chi connectivity index (χ2v) is 6.62. The van der Waals surface area contributed by atoms with E-state index in [-0.39, 0.29) is 5.15 Å². The molecule has 0 radical (unpaired) electrons. The minimum atomic E-state index is -0.550. The first-order valence-electron chi connectivity index (χ1n) is 6.46. The number of benzene rings is 1. The highest BCUT2D eigenvalue weighted by atomic mass is 35.5. The van der Waals surface area contributed by atoms with Crippen molar-refractivity contribution in [2.75, 3.05) is 5.32 Å². The van der Waals surface area contributed by atoms with E-state index in [0.29, 0.717) is 16.1 Å². The highest BCUT2D eigenvalue weighted by Crippen LogP contribution is 2.32. The Balaban J connectivity index is 2.14. The summed E-state index contributed by atoms with van der Waals surface area (Å²) in [4.78, 5) is 12.4. The van der Waals surface area contributed by atoms with E-state index >= 15 is 0 Å². The molecule has 0 fully saturated rings. The van der Waals surface area contributed by atoms with Gasteiger partial charge < -0.3 is 4.74 Å². The molecule has 1 amide bonds. The molecule has 1 aromatic carbocycles. The molecule has 7 heteroatoms. The van der Waals surface area contributed by atoms with Gasteiger partial charge in [-0.3, -0.25) is 5.32 Å². The Bertz CT molecular complexity index is 727. The van der Waals surface area contributed by atoms with E-state index in [4.69, 9.17) is 21.6 Å². The van der Waals surface area contributed by atoms with Crippen molar-refractivity contribution < 1.29 is 9.53 Å². The Morgan fingerprint density at radius 1 is 1.36 bits per heavy atom. The lowest BCUT2D eigenvalue weighted by molar-refractivity contribution is 0.0636. The van der Waals surface area contributed by atoms with Crippen molar-refractivity contribution >= 4 is 34.9 Å². The molecule has 2 aromatic rings. The van der Waals surface area contributed by atoms with Gasteiger partial charge in [0.1, 0.15) is 17.2 Å². The van der Waals surface area contributed by atoms with Crippen LogP contribution in [0.1, 0.15) is 26.3 Å². The molecule has 22 heavy (non-hydrogen) atoms. The SMILES string of the molecule is CC(C)(C)OC(=O)Nc1ccc(-c2snc(Cl)c2C#N)cc1. The summed E-state index contributed by atoms with van der Waals surface area (Å²) in [5.74, 6) is 0. The predicted octanol–water partition coefficient (Wildman–Crippen LogP) is 4.68. The third-order valence-corrected chi connectivity index (χ3v) is 3.82. The molecule has 0 atom stereocenters. The fourth-order valence-corrected chi connectivity index (χ4v) is 2.73. The van der Waals surface area contributed by atoms with Crippen LogP contribution in [0, 0.1) is 11.3 Å². The molecule has 0 aliphatic rings. The summed E-state index contributed by atoms with van der Waals surface area (Å²) >= 11 is 7.02. The Morgan fingerprint density at radius 2 is 2.00 bits per heavy atom. The molecule has 114 valence electrons. The number of carbonyl (C=O) groups excluding carboxylic acids is 1. The molecule has 0 saturated heterocycles. The summed E-state index contributed by atoms with van der Waals surface area (Å²) < 4.78 is 9.15. The molecule has 1 aromatic heterocycles. The van der Waals surface area contributed by atoms with Crippen molar-refractivity contribution in [3.63, 3.8) is 0 Å². The molecule has 0 saturated carbocycles. The molecule has 0 aliphatic carbocycles. The first-order chi connectivity index (χ1) is 10.3. The zero-order chi connectivity index (χ0) is 16.3. The van der Waals surface area contributed by atoms with Crippen LogP contribution in [0.3, 0.4) is 0 Å². The van der Waals surface area contributed by atoms with Crippen molar-refractivity contribution in [3.8, 4) is 16.5 Å². The number of anilines is 1. The van der Waals surface area contributed by atoms with Crippen LogP contribution in [0.5, 0.6) is 0 Å². The first-order valence-corrected chi connectivity index (χ1v) is 7.61. The maximum atomic E-state index is 11.7. The smallest absolute Gasteiger partial charge is 0.412 e. The lowest BCUT2D eigenvalue weighted by Gasteiger charge is -2.19. The Morgan fingerprint density at radius 3 is 2.55 bits per heavy atom. The maximum Gasteiger partial charge on any atom is 0.412 e. The lowest BCUT2D eigenvalue weighted by atomic mass is 10.1. The van der Waals surface area contributed by atoms with Gasteiger partial charge in [-0.05, 0) is 50.0 Å². The number of ether oxygens (including phenoxy) is 1. The molecule has 0 bridgehead atoms. The number of hydrogen-bond acceptors (Lipinski definition) is 5. The number of nitriles is 1. The van der Waals surface area contributed by atoms with Gasteiger partial charge in [0.05, 0.1) is 4.88 Å². The van der Waals surface area contributed by atoms with E-state index in [1.807, 2.05) is 6.07 Å². The average Bonchev–Trinajstić information content (AvgIpc) is 2.78. The Hall–Kier alpha value is -2.10. The number of carbonyl (C=O) groups is 1. The van der Waals surface area contributed by atoms with Gasteiger partial charge in [0.25, 0.3) is 0 Å². The van der Waals surface area contributed by atoms with Gasteiger partial charge in [-0.15, -0.1) is 0 Å². The molecule has 1 N–H and O–H groups in total. The van der Waals surface area contributed by atoms with Gasteiger partial charge in [0, 0.05) is 5.69 Å². The molecule has 1 heterocycles. The van der Waals surface area contributed by atoms with Gasteiger partial charge in [0.15, 0.2) is 5.15 Å². The van der Waals surface area contributed by atoms with Crippen LogP contribution in [0.15, 0.2) is 24.3 Å². The molecule has 0 unspecified atom stereocenters. The van der Waals surface area contributed by atoms with Crippen LogP contribution in [0.4, 0.5) is 10.5 Å². The van der Waals surface area contributed by atoms with Crippen molar-refractivity contribution in [2.24, 2.45) is 0 Å². The number of hydrogen-bond donors (Lipinski definition) is 1. The number of rotatable bonds is 2. The number of halogens is 1. The van der Waals surface area contributed by atoms with E-state index in [2.05, 4.69) is 9.69 Å². The van der Waals surface area contributed by atoms with Gasteiger partial charge >= 0.3 is 6.09 Å². The number of nitrogens with zero attached hydrogens (tertiary/aromatic N) is 2. The highest BCUT2D eigenvalue weighted by Gasteiger charge is 2.17. The number of amides is 1. The van der Waals surface area contributed by atoms with Gasteiger partial charge in [-0.1, -0.05) is 23.7 Å². The van der Waals surface area contributed by atoms with Crippen LogP contribution >= 0.6 is 23.1 Å². The molecule has 0 aliphatic heterocycles. The van der Waals surface area contributed by atoms with Crippen LogP contribution < -0.4 is 5.32 Å². The average molecular weight is 336 g/mol. The molecular weight excluding hydrogens is 322 g/mol. The molecular formula is C15H14ClN3O2S. The maximum absolute atomic E-state index is 11.7. The topological polar surface area (TPSA) is 75.0 Å². The standard InChI is InChI=1S/C15H14ClN3O2S/c1-15(2,3)21-14(20)18-10-6-4-9(5-7-10)12-11(8-17)13(16)19-22-12/h4-7H,1-3H3,(H,18,20).